The number of carbonyl (C=O) groups is 2. The summed E-state index contributed by atoms with van der Waals surface area (Å²) < 4.78 is 47.5. The molecule has 1 atom stereocenters. The lowest BCUT2D eigenvalue weighted by Crippen LogP contribution is -2.51. The predicted octanol–water partition coefficient (Wildman–Crippen LogP) is 5.28. The monoisotopic (exact) mass is 609 g/mol. The quantitative estimate of drug-likeness (QED) is 0.301. The lowest BCUT2D eigenvalue weighted by Gasteiger charge is -2.32. The average molecular weight is 611 g/mol. The van der Waals surface area contributed by atoms with Crippen molar-refractivity contribution in [2.24, 2.45) is 0 Å². The first-order valence-electron chi connectivity index (χ1n) is 12.5. The third kappa shape index (κ3) is 7.65. The number of amides is 2. The van der Waals surface area contributed by atoms with Crippen LogP contribution in [-0.2, 0) is 26.2 Å². The molecule has 2 amide bonds. The van der Waals surface area contributed by atoms with Crippen LogP contribution in [0.1, 0.15) is 26.3 Å². The summed E-state index contributed by atoms with van der Waals surface area (Å²) in [5.74, 6) is -1.18. The van der Waals surface area contributed by atoms with Crippen LogP contribution in [0.25, 0.3) is 0 Å². The van der Waals surface area contributed by atoms with E-state index < -0.39 is 40.2 Å². The Balaban J connectivity index is 2.05. The maximum absolute atomic E-state index is 13.8. The van der Waals surface area contributed by atoms with Gasteiger partial charge in [-0.15, -0.1) is 0 Å². The Morgan fingerprint density at radius 2 is 1.65 bits per heavy atom. The summed E-state index contributed by atoms with van der Waals surface area (Å²) in [6.45, 7) is 5.12. The van der Waals surface area contributed by atoms with Crippen LogP contribution in [0.2, 0.25) is 10.0 Å². The van der Waals surface area contributed by atoms with Gasteiger partial charge in [-0.1, -0.05) is 29.3 Å². The van der Waals surface area contributed by atoms with E-state index >= 15 is 0 Å². The van der Waals surface area contributed by atoms with Crippen LogP contribution in [0.4, 0.5) is 10.1 Å². The third-order valence-electron chi connectivity index (χ3n) is 5.99. The van der Waals surface area contributed by atoms with E-state index in [1.165, 1.54) is 23.1 Å². The molecule has 8 nitrogen and oxygen atoms in total. The van der Waals surface area contributed by atoms with Gasteiger partial charge in [-0.3, -0.25) is 13.9 Å². The fourth-order valence-corrected chi connectivity index (χ4v) is 5.76. The van der Waals surface area contributed by atoms with Crippen molar-refractivity contribution in [3.63, 3.8) is 0 Å². The first kappa shape index (κ1) is 31.2. The molecule has 0 radical (unpaired) electrons. The minimum atomic E-state index is -4.33. The SMILES string of the molecule is CCNC(=O)[C@H](C)N(Cc1ccc(Cl)cc1Cl)C(=O)CN(c1ccc(OCC)cc1)S(=O)(=O)c1ccc(F)cc1. The molecule has 40 heavy (non-hydrogen) atoms. The van der Waals surface area contributed by atoms with E-state index in [2.05, 4.69) is 5.32 Å². The van der Waals surface area contributed by atoms with Gasteiger partial charge in [-0.05, 0) is 87.0 Å². The van der Waals surface area contributed by atoms with Crippen molar-refractivity contribution < 1.29 is 27.1 Å². The molecule has 214 valence electrons. The van der Waals surface area contributed by atoms with E-state index in [9.17, 15) is 22.4 Å². The largest absolute Gasteiger partial charge is 0.494 e. The van der Waals surface area contributed by atoms with E-state index in [0.717, 1.165) is 28.6 Å². The summed E-state index contributed by atoms with van der Waals surface area (Å²) in [6, 6.07) is 14.3. The first-order chi connectivity index (χ1) is 19.0. The van der Waals surface area contributed by atoms with Crippen molar-refractivity contribution in [2.75, 3.05) is 24.0 Å². The highest BCUT2D eigenvalue weighted by Gasteiger charge is 2.32. The number of anilines is 1. The lowest BCUT2D eigenvalue weighted by atomic mass is 10.1. The van der Waals surface area contributed by atoms with Crippen LogP contribution in [0.3, 0.4) is 0 Å². The second kappa shape index (κ2) is 13.8. The molecule has 1 N–H and O–H groups in total. The Hall–Kier alpha value is -3.34. The lowest BCUT2D eigenvalue weighted by molar-refractivity contribution is -0.139. The van der Waals surface area contributed by atoms with Gasteiger partial charge in [0.1, 0.15) is 24.2 Å². The highest BCUT2D eigenvalue weighted by Crippen LogP contribution is 2.28. The number of likely N-dealkylation sites (N-methyl/N-ethyl adjacent to an activating group) is 1. The van der Waals surface area contributed by atoms with E-state index in [1.807, 2.05) is 6.92 Å². The van der Waals surface area contributed by atoms with Gasteiger partial charge in [-0.25, -0.2) is 12.8 Å². The molecule has 0 aliphatic heterocycles. The van der Waals surface area contributed by atoms with Crippen molar-refractivity contribution in [3.8, 4) is 5.75 Å². The number of hydrogen-bond acceptors (Lipinski definition) is 5. The molecule has 3 rings (SSSR count). The number of benzene rings is 3. The van der Waals surface area contributed by atoms with E-state index in [-0.39, 0.29) is 22.2 Å². The minimum absolute atomic E-state index is 0.0825. The first-order valence-corrected chi connectivity index (χ1v) is 14.7. The van der Waals surface area contributed by atoms with Crippen LogP contribution >= 0.6 is 23.2 Å². The summed E-state index contributed by atoms with van der Waals surface area (Å²) in [6.07, 6.45) is 0. The summed E-state index contributed by atoms with van der Waals surface area (Å²) >= 11 is 12.4. The van der Waals surface area contributed by atoms with Crippen molar-refractivity contribution in [1.29, 1.82) is 0 Å². The van der Waals surface area contributed by atoms with Gasteiger partial charge in [0.25, 0.3) is 10.0 Å². The molecule has 0 aliphatic carbocycles. The predicted molar refractivity (Wildman–Crippen MR) is 154 cm³/mol. The van der Waals surface area contributed by atoms with Gasteiger partial charge < -0.3 is 15.0 Å². The van der Waals surface area contributed by atoms with Gasteiger partial charge in [-0.2, -0.15) is 0 Å². The van der Waals surface area contributed by atoms with E-state index in [4.69, 9.17) is 27.9 Å². The Morgan fingerprint density at radius 3 is 2.23 bits per heavy atom. The Kier molecular flexibility index (Phi) is 10.8. The molecule has 0 saturated heterocycles. The van der Waals surface area contributed by atoms with Gasteiger partial charge in [0.15, 0.2) is 0 Å². The fraction of sp³-hybridized carbons (Fsp3) is 0.286. The number of halogens is 3. The second-order valence-electron chi connectivity index (χ2n) is 8.72. The Bertz CT molecular complexity index is 1440. The standard InChI is InChI=1S/C28H30Cl2FN3O5S/c1-4-32-28(36)19(3)33(17-20-6-7-21(29)16-26(20)30)27(35)18-34(23-10-12-24(13-11-23)39-5-2)40(37,38)25-14-8-22(31)9-15-25/h6-16,19H,4-5,17-18H2,1-3H3,(H,32,36)/t19-/m0/s1. The van der Waals surface area contributed by atoms with Crippen LogP contribution < -0.4 is 14.4 Å². The minimum Gasteiger partial charge on any atom is -0.494 e. The summed E-state index contributed by atoms with van der Waals surface area (Å²) in [5, 5.41) is 3.37. The molecule has 0 heterocycles. The molecule has 0 bridgehead atoms. The number of ether oxygens (including phenoxy) is 1. The average Bonchev–Trinajstić information content (AvgIpc) is 2.92. The molecule has 12 heteroatoms. The van der Waals surface area contributed by atoms with Crippen molar-refractivity contribution >= 4 is 50.7 Å². The fourth-order valence-electron chi connectivity index (χ4n) is 3.88. The molecule has 0 aromatic heterocycles. The number of carbonyl (C=O) groups excluding carboxylic acids is 2. The smallest absolute Gasteiger partial charge is 0.264 e. The second-order valence-corrected chi connectivity index (χ2v) is 11.4. The van der Waals surface area contributed by atoms with Crippen molar-refractivity contribution in [1.82, 2.24) is 10.2 Å². The summed E-state index contributed by atoms with van der Waals surface area (Å²) in [4.78, 5) is 27.7. The van der Waals surface area contributed by atoms with Crippen LogP contribution in [0, 0.1) is 5.82 Å². The van der Waals surface area contributed by atoms with Crippen molar-refractivity contribution in [2.45, 2.75) is 38.3 Å². The van der Waals surface area contributed by atoms with Gasteiger partial charge in [0, 0.05) is 23.1 Å². The molecule has 0 fully saturated rings. The number of sulfonamides is 1. The molecule has 0 unspecified atom stereocenters. The number of nitrogens with zero attached hydrogens (tertiary/aromatic N) is 2. The van der Waals surface area contributed by atoms with Crippen LogP contribution in [-0.4, -0.2) is 50.9 Å². The molecule has 0 aliphatic rings. The molecule has 0 spiro atoms. The molecule has 0 saturated carbocycles. The number of rotatable bonds is 12. The highest BCUT2D eigenvalue weighted by atomic mass is 35.5. The highest BCUT2D eigenvalue weighted by molar-refractivity contribution is 7.92. The topological polar surface area (TPSA) is 96.0 Å². The third-order valence-corrected chi connectivity index (χ3v) is 8.37. The Morgan fingerprint density at radius 1 is 1.00 bits per heavy atom. The van der Waals surface area contributed by atoms with Crippen molar-refractivity contribution in [3.05, 3.63) is 88.2 Å². The summed E-state index contributed by atoms with van der Waals surface area (Å²) in [5.41, 5.74) is 0.695. The molecular weight excluding hydrogens is 580 g/mol. The maximum Gasteiger partial charge on any atom is 0.264 e. The van der Waals surface area contributed by atoms with Gasteiger partial charge in [0.2, 0.25) is 11.8 Å². The van der Waals surface area contributed by atoms with E-state index in [1.54, 1.807) is 38.1 Å². The Labute approximate surface area is 243 Å². The molecule has 3 aromatic rings. The molecular formula is C28H30Cl2FN3O5S. The normalized spacial score (nSPS) is 11.9. The van der Waals surface area contributed by atoms with Gasteiger partial charge >= 0.3 is 0 Å². The maximum atomic E-state index is 13.8. The van der Waals surface area contributed by atoms with Gasteiger partial charge in [0.05, 0.1) is 17.2 Å². The zero-order chi connectivity index (χ0) is 29.4. The number of hydrogen-bond donors (Lipinski definition) is 1. The number of nitrogens with one attached hydrogen (secondary N) is 1. The zero-order valence-corrected chi connectivity index (χ0v) is 24.6. The van der Waals surface area contributed by atoms with Crippen LogP contribution in [0.15, 0.2) is 71.6 Å². The molecule has 3 aromatic carbocycles. The van der Waals surface area contributed by atoms with E-state index in [0.29, 0.717) is 29.5 Å². The zero-order valence-electron chi connectivity index (χ0n) is 22.2. The van der Waals surface area contributed by atoms with Crippen LogP contribution in [0.5, 0.6) is 5.75 Å². The summed E-state index contributed by atoms with van der Waals surface area (Å²) in [7, 11) is -4.33.